The molecule has 0 saturated heterocycles. The van der Waals surface area contributed by atoms with Gasteiger partial charge in [0.05, 0.1) is 6.54 Å². The summed E-state index contributed by atoms with van der Waals surface area (Å²) < 4.78 is 0. The molecule has 1 unspecified atom stereocenters. The van der Waals surface area contributed by atoms with Crippen molar-refractivity contribution < 1.29 is 4.79 Å². The molecule has 5 nitrogen and oxygen atoms in total. The normalized spacial score (nSPS) is 10.5. The standard InChI is InChI=1S/C6H8N4O/c1-3-4-8-6(11)5(2)9-10-7/h1,5H,4H2,2H3,(H,8,11). The molecule has 1 N–H and O–H groups in total. The van der Waals surface area contributed by atoms with Crippen molar-refractivity contribution >= 4 is 5.91 Å². The van der Waals surface area contributed by atoms with Crippen LogP contribution >= 0.6 is 0 Å². The number of nitrogens with zero attached hydrogens (tertiary/aromatic N) is 3. The van der Waals surface area contributed by atoms with Crippen LogP contribution < -0.4 is 5.32 Å². The zero-order valence-electron chi connectivity index (χ0n) is 6.11. The summed E-state index contributed by atoms with van der Waals surface area (Å²) in [6.07, 6.45) is 4.88. The maximum atomic E-state index is 10.8. The van der Waals surface area contributed by atoms with E-state index < -0.39 is 6.04 Å². The predicted octanol–water partition coefficient (Wildman–Crippen LogP) is 0.435. The van der Waals surface area contributed by atoms with E-state index >= 15 is 0 Å². The Bertz CT molecular complexity index is 223. The van der Waals surface area contributed by atoms with E-state index in [0.717, 1.165) is 0 Å². The minimum absolute atomic E-state index is 0.157. The second-order valence-electron chi connectivity index (χ2n) is 1.80. The first-order valence-corrected chi connectivity index (χ1v) is 2.97. The van der Waals surface area contributed by atoms with Crippen molar-refractivity contribution in [2.45, 2.75) is 13.0 Å². The van der Waals surface area contributed by atoms with E-state index in [2.05, 4.69) is 21.3 Å². The Hall–Kier alpha value is -1.66. The van der Waals surface area contributed by atoms with Crippen molar-refractivity contribution in [3.63, 3.8) is 0 Å². The molecule has 0 fully saturated rings. The van der Waals surface area contributed by atoms with Gasteiger partial charge in [0.2, 0.25) is 5.91 Å². The molecule has 0 rings (SSSR count). The van der Waals surface area contributed by atoms with Crippen LogP contribution in [0.4, 0.5) is 0 Å². The molecule has 0 heterocycles. The van der Waals surface area contributed by atoms with Crippen LogP contribution in [0.1, 0.15) is 6.92 Å². The first kappa shape index (κ1) is 9.34. The molecule has 1 atom stereocenters. The van der Waals surface area contributed by atoms with Gasteiger partial charge in [-0.1, -0.05) is 11.0 Å². The number of hydrogen-bond acceptors (Lipinski definition) is 2. The smallest absolute Gasteiger partial charge is 0.229 e. The summed E-state index contributed by atoms with van der Waals surface area (Å²) in [5.41, 5.74) is 7.95. The fraction of sp³-hybridized carbons (Fsp3) is 0.500. The lowest BCUT2D eigenvalue weighted by molar-refractivity contribution is -0.121. The van der Waals surface area contributed by atoms with Gasteiger partial charge in [-0.3, -0.25) is 4.79 Å². The summed E-state index contributed by atoms with van der Waals surface area (Å²) in [6.45, 7) is 1.65. The molecule has 0 aromatic rings. The van der Waals surface area contributed by atoms with Crippen LogP contribution in [0.5, 0.6) is 0 Å². The lowest BCUT2D eigenvalue weighted by atomic mass is 10.3. The van der Waals surface area contributed by atoms with Gasteiger partial charge in [0.1, 0.15) is 6.04 Å². The van der Waals surface area contributed by atoms with Gasteiger partial charge < -0.3 is 5.32 Å². The van der Waals surface area contributed by atoms with Gasteiger partial charge in [0.25, 0.3) is 0 Å². The van der Waals surface area contributed by atoms with Gasteiger partial charge in [-0.25, -0.2) is 0 Å². The largest absolute Gasteiger partial charge is 0.345 e. The predicted molar refractivity (Wildman–Crippen MR) is 40.5 cm³/mol. The molecule has 0 aromatic heterocycles. The zero-order valence-corrected chi connectivity index (χ0v) is 6.11. The number of azide groups is 1. The molecule has 0 aliphatic rings. The Balaban J connectivity index is 3.85. The zero-order chi connectivity index (χ0) is 8.69. The Kier molecular flexibility index (Phi) is 4.37. The number of amides is 1. The Morgan fingerprint density at radius 1 is 2.00 bits per heavy atom. The van der Waals surface area contributed by atoms with E-state index in [1.807, 2.05) is 0 Å². The molecular formula is C6H8N4O. The van der Waals surface area contributed by atoms with Crippen molar-refractivity contribution in [1.82, 2.24) is 5.32 Å². The maximum Gasteiger partial charge on any atom is 0.229 e. The van der Waals surface area contributed by atoms with Crippen LogP contribution in [0, 0.1) is 12.3 Å². The average Bonchev–Trinajstić information content (AvgIpc) is 2.00. The second kappa shape index (κ2) is 5.15. The molecule has 0 aromatic carbocycles. The van der Waals surface area contributed by atoms with Crippen LogP contribution in [-0.2, 0) is 4.79 Å². The molecule has 0 aliphatic heterocycles. The molecule has 0 aliphatic carbocycles. The summed E-state index contributed by atoms with van der Waals surface area (Å²) in [6, 6.07) is -0.701. The summed E-state index contributed by atoms with van der Waals surface area (Å²) in [4.78, 5) is 13.3. The van der Waals surface area contributed by atoms with Crippen LogP contribution in [0.25, 0.3) is 10.4 Å². The molecule has 0 bridgehead atoms. The lowest BCUT2D eigenvalue weighted by Gasteiger charge is -2.02. The topological polar surface area (TPSA) is 77.9 Å². The van der Waals surface area contributed by atoms with Crippen molar-refractivity contribution in [3.05, 3.63) is 10.4 Å². The van der Waals surface area contributed by atoms with E-state index in [9.17, 15) is 4.79 Å². The highest BCUT2D eigenvalue weighted by Gasteiger charge is 2.07. The molecule has 11 heavy (non-hydrogen) atoms. The quantitative estimate of drug-likeness (QED) is 0.271. The number of carbonyl (C=O) groups is 1. The third kappa shape index (κ3) is 3.84. The molecule has 0 saturated carbocycles. The van der Waals surface area contributed by atoms with Gasteiger partial charge in [0.15, 0.2) is 0 Å². The van der Waals surface area contributed by atoms with E-state index in [4.69, 9.17) is 12.0 Å². The van der Waals surface area contributed by atoms with E-state index in [1.165, 1.54) is 6.92 Å². The first-order chi connectivity index (χ1) is 5.22. The van der Waals surface area contributed by atoms with Gasteiger partial charge in [0, 0.05) is 4.91 Å². The second-order valence-corrected chi connectivity index (χ2v) is 1.80. The molecular weight excluding hydrogens is 144 g/mol. The Morgan fingerprint density at radius 3 is 3.09 bits per heavy atom. The Morgan fingerprint density at radius 2 is 2.64 bits per heavy atom. The summed E-state index contributed by atoms with van der Waals surface area (Å²) in [7, 11) is 0. The van der Waals surface area contributed by atoms with Gasteiger partial charge in [-0.05, 0) is 12.5 Å². The number of terminal acetylenes is 1. The van der Waals surface area contributed by atoms with Crippen LogP contribution in [0.3, 0.4) is 0 Å². The molecule has 0 radical (unpaired) electrons. The third-order valence-corrected chi connectivity index (χ3v) is 0.969. The number of hydrogen-bond donors (Lipinski definition) is 1. The van der Waals surface area contributed by atoms with Crippen LogP contribution in [0.2, 0.25) is 0 Å². The van der Waals surface area contributed by atoms with Crippen LogP contribution in [0.15, 0.2) is 5.11 Å². The number of carbonyl (C=O) groups excluding carboxylic acids is 1. The lowest BCUT2D eigenvalue weighted by Crippen LogP contribution is -2.31. The highest BCUT2D eigenvalue weighted by atomic mass is 16.2. The minimum Gasteiger partial charge on any atom is -0.345 e. The maximum absolute atomic E-state index is 10.8. The highest BCUT2D eigenvalue weighted by molar-refractivity contribution is 5.81. The minimum atomic E-state index is -0.701. The Labute approximate surface area is 64.4 Å². The molecule has 5 heteroatoms. The average molecular weight is 152 g/mol. The summed E-state index contributed by atoms with van der Waals surface area (Å²) in [5, 5.41) is 5.55. The first-order valence-electron chi connectivity index (χ1n) is 2.97. The van der Waals surface area contributed by atoms with Crippen molar-refractivity contribution in [1.29, 1.82) is 0 Å². The van der Waals surface area contributed by atoms with Crippen molar-refractivity contribution in [3.8, 4) is 12.3 Å². The monoisotopic (exact) mass is 152 g/mol. The van der Waals surface area contributed by atoms with E-state index in [-0.39, 0.29) is 12.5 Å². The fourth-order valence-electron chi connectivity index (χ4n) is 0.416. The molecule has 1 amide bonds. The summed E-state index contributed by atoms with van der Waals surface area (Å²) in [5.74, 6) is 1.87. The SMILES string of the molecule is C#CCNC(=O)C(C)N=[N+]=[N-]. The van der Waals surface area contributed by atoms with Crippen LogP contribution in [-0.4, -0.2) is 18.5 Å². The summed E-state index contributed by atoms with van der Waals surface area (Å²) >= 11 is 0. The number of rotatable bonds is 3. The van der Waals surface area contributed by atoms with Crippen molar-refractivity contribution in [2.24, 2.45) is 5.11 Å². The van der Waals surface area contributed by atoms with E-state index in [1.54, 1.807) is 0 Å². The van der Waals surface area contributed by atoms with E-state index in [0.29, 0.717) is 0 Å². The van der Waals surface area contributed by atoms with Crippen molar-refractivity contribution in [2.75, 3.05) is 6.54 Å². The van der Waals surface area contributed by atoms with Gasteiger partial charge in [-0.2, -0.15) is 0 Å². The fourth-order valence-corrected chi connectivity index (χ4v) is 0.416. The molecule has 0 spiro atoms. The third-order valence-electron chi connectivity index (χ3n) is 0.969. The molecule has 58 valence electrons. The van der Waals surface area contributed by atoms with Gasteiger partial charge in [-0.15, -0.1) is 6.42 Å². The van der Waals surface area contributed by atoms with Gasteiger partial charge >= 0.3 is 0 Å². The number of nitrogens with one attached hydrogen (secondary N) is 1. The highest BCUT2D eigenvalue weighted by Crippen LogP contribution is 1.88.